The molecule has 0 bridgehead atoms. The molecular weight excluding hydrogens is 390 g/mol. The van der Waals surface area contributed by atoms with Crippen LogP contribution in [-0.2, 0) is 0 Å². The maximum Gasteiger partial charge on any atom is 0.261 e. The normalized spacial score (nSPS) is 16.7. The van der Waals surface area contributed by atoms with Gasteiger partial charge in [-0.3, -0.25) is 19.4 Å². The number of carbonyl (C=O) groups excluding carboxylic acids is 2. The lowest BCUT2D eigenvalue weighted by Gasteiger charge is -2.36. The lowest BCUT2D eigenvalue weighted by atomic mass is 10.1. The first-order valence-corrected chi connectivity index (χ1v) is 11.2. The van der Waals surface area contributed by atoms with E-state index in [9.17, 15) is 9.59 Å². The molecule has 2 aliphatic rings. The fourth-order valence-corrected chi connectivity index (χ4v) is 4.50. The largest absolute Gasteiger partial charge is 0.495 e. The summed E-state index contributed by atoms with van der Waals surface area (Å²) in [4.78, 5) is 31.1. The summed E-state index contributed by atoms with van der Waals surface area (Å²) in [5.41, 5.74) is 2.26. The molecule has 0 saturated carbocycles. The van der Waals surface area contributed by atoms with Gasteiger partial charge >= 0.3 is 0 Å². The van der Waals surface area contributed by atoms with Crippen molar-refractivity contribution in [1.82, 2.24) is 9.80 Å². The van der Waals surface area contributed by atoms with Gasteiger partial charge in [-0.15, -0.1) is 0 Å². The first-order valence-electron chi connectivity index (χ1n) is 11.2. The van der Waals surface area contributed by atoms with Crippen molar-refractivity contribution in [2.75, 3.05) is 51.3 Å². The van der Waals surface area contributed by atoms with E-state index in [4.69, 9.17) is 4.74 Å². The standard InChI is InChI=1S/C25H31N3O3/c1-31-23-13-7-6-12-22(23)27-18-16-26(17-19-27)14-8-2-3-9-15-28-24(29)20-10-4-5-11-21(20)25(28)30/h4-7,10-13H,2-3,8-9,14-19H2,1H3. The molecule has 0 radical (unpaired) electrons. The molecule has 0 unspecified atom stereocenters. The van der Waals surface area contributed by atoms with E-state index in [0.29, 0.717) is 17.7 Å². The van der Waals surface area contributed by atoms with Crippen LogP contribution in [0, 0.1) is 0 Å². The Hall–Kier alpha value is -2.86. The third-order valence-corrected chi connectivity index (χ3v) is 6.28. The Morgan fingerprint density at radius 2 is 1.32 bits per heavy atom. The Morgan fingerprint density at radius 1 is 0.742 bits per heavy atom. The van der Waals surface area contributed by atoms with Crippen LogP contribution in [0.3, 0.4) is 0 Å². The molecule has 0 N–H and O–H groups in total. The molecule has 164 valence electrons. The summed E-state index contributed by atoms with van der Waals surface area (Å²) in [6.45, 7) is 5.77. The van der Waals surface area contributed by atoms with E-state index in [1.165, 1.54) is 10.6 Å². The molecule has 0 atom stereocenters. The molecule has 6 nitrogen and oxygen atoms in total. The van der Waals surface area contributed by atoms with Crippen molar-refractivity contribution in [1.29, 1.82) is 0 Å². The van der Waals surface area contributed by atoms with E-state index in [1.807, 2.05) is 24.3 Å². The topological polar surface area (TPSA) is 53.1 Å². The Balaban J connectivity index is 1.12. The summed E-state index contributed by atoms with van der Waals surface area (Å²) in [7, 11) is 1.73. The number of amides is 2. The molecule has 1 fully saturated rings. The third kappa shape index (κ3) is 4.74. The zero-order valence-corrected chi connectivity index (χ0v) is 18.3. The van der Waals surface area contributed by atoms with Crippen LogP contribution in [0.25, 0.3) is 0 Å². The van der Waals surface area contributed by atoms with Gasteiger partial charge < -0.3 is 9.64 Å². The van der Waals surface area contributed by atoms with Gasteiger partial charge in [-0.1, -0.05) is 37.1 Å². The zero-order valence-electron chi connectivity index (χ0n) is 18.3. The Bertz CT molecular complexity index is 887. The van der Waals surface area contributed by atoms with Crippen LogP contribution in [0.5, 0.6) is 5.75 Å². The second-order valence-electron chi connectivity index (χ2n) is 8.22. The number of unbranched alkanes of at least 4 members (excludes halogenated alkanes) is 3. The van der Waals surface area contributed by atoms with Crippen LogP contribution in [0.2, 0.25) is 0 Å². The van der Waals surface area contributed by atoms with Gasteiger partial charge in [0, 0.05) is 32.7 Å². The number of methoxy groups -OCH3 is 1. The monoisotopic (exact) mass is 421 g/mol. The van der Waals surface area contributed by atoms with Crippen molar-refractivity contribution < 1.29 is 14.3 Å². The quantitative estimate of drug-likeness (QED) is 0.457. The minimum absolute atomic E-state index is 0.145. The van der Waals surface area contributed by atoms with Gasteiger partial charge in [-0.05, 0) is 43.7 Å². The second kappa shape index (κ2) is 9.96. The number of imide groups is 1. The number of rotatable bonds is 9. The summed E-state index contributed by atoms with van der Waals surface area (Å²) in [6.07, 6.45) is 4.17. The van der Waals surface area contributed by atoms with E-state index in [1.54, 1.807) is 19.2 Å². The van der Waals surface area contributed by atoms with E-state index < -0.39 is 0 Å². The van der Waals surface area contributed by atoms with Gasteiger partial charge in [-0.25, -0.2) is 0 Å². The van der Waals surface area contributed by atoms with Gasteiger partial charge in [0.1, 0.15) is 5.75 Å². The average Bonchev–Trinajstić information content (AvgIpc) is 3.06. The number of piperazine rings is 1. The summed E-state index contributed by atoms with van der Waals surface area (Å²) in [5, 5.41) is 0. The molecule has 2 aromatic rings. The molecule has 2 aliphatic heterocycles. The minimum atomic E-state index is -0.145. The number of ether oxygens (including phenoxy) is 1. The van der Waals surface area contributed by atoms with Gasteiger partial charge in [0.2, 0.25) is 0 Å². The van der Waals surface area contributed by atoms with Crippen molar-refractivity contribution in [3.63, 3.8) is 0 Å². The predicted molar refractivity (Wildman–Crippen MR) is 122 cm³/mol. The average molecular weight is 422 g/mol. The van der Waals surface area contributed by atoms with Gasteiger partial charge in [0.05, 0.1) is 23.9 Å². The molecule has 2 amide bonds. The number of anilines is 1. The van der Waals surface area contributed by atoms with Crippen LogP contribution in [0.1, 0.15) is 46.4 Å². The minimum Gasteiger partial charge on any atom is -0.495 e. The fourth-order valence-electron chi connectivity index (χ4n) is 4.50. The van der Waals surface area contributed by atoms with Gasteiger partial charge in [0.15, 0.2) is 0 Å². The highest BCUT2D eigenvalue weighted by molar-refractivity contribution is 6.21. The molecule has 2 heterocycles. The second-order valence-corrected chi connectivity index (χ2v) is 8.22. The smallest absolute Gasteiger partial charge is 0.261 e. The molecule has 0 aromatic heterocycles. The van der Waals surface area contributed by atoms with Gasteiger partial charge in [0.25, 0.3) is 11.8 Å². The number of benzene rings is 2. The van der Waals surface area contributed by atoms with Crippen LogP contribution >= 0.6 is 0 Å². The van der Waals surface area contributed by atoms with E-state index in [0.717, 1.165) is 64.2 Å². The molecule has 0 spiro atoms. The summed E-state index contributed by atoms with van der Waals surface area (Å²) >= 11 is 0. The Labute approximate surface area is 184 Å². The summed E-state index contributed by atoms with van der Waals surface area (Å²) < 4.78 is 5.50. The van der Waals surface area contributed by atoms with E-state index in [-0.39, 0.29) is 11.8 Å². The number of para-hydroxylation sites is 2. The number of fused-ring (bicyclic) bond motifs is 1. The highest BCUT2D eigenvalue weighted by Crippen LogP contribution is 2.28. The molecule has 4 rings (SSSR count). The van der Waals surface area contributed by atoms with Crippen LogP contribution in [0.15, 0.2) is 48.5 Å². The Morgan fingerprint density at radius 3 is 1.97 bits per heavy atom. The molecule has 0 aliphatic carbocycles. The van der Waals surface area contributed by atoms with E-state index in [2.05, 4.69) is 21.9 Å². The molecular formula is C25H31N3O3. The highest BCUT2D eigenvalue weighted by Gasteiger charge is 2.34. The predicted octanol–water partition coefficient (Wildman–Crippen LogP) is 3.67. The van der Waals surface area contributed by atoms with Crippen LogP contribution in [0.4, 0.5) is 5.69 Å². The maximum absolute atomic E-state index is 12.4. The third-order valence-electron chi connectivity index (χ3n) is 6.28. The fraction of sp³-hybridized carbons (Fsp3) is 0.440. The molecule has 2 aromatic carbocycles. The molecule has 1 saturated heterocycles. The number of hydrogen-bond donors (Lipinski definition) is 0. The molecule has 6 heteroatoms. The Kier molecular flexibility index (Phi) is 6.87. The van der Waals surface area contributed by atoms with Crippen molar-refractivity contribution in [2.45, 2.75) is 25.7 Å². The van der Waals surface area contributed by atoms with Crippen molar-refractivity contribution >= 4 is 17.5 Å². The van der Waals surface area contributed by atoms with Crippen LogP contribution < -0.4 is 9.64 Å². The first kappa shape index (κ1) is 21.4. The lowest BCUT2D eigenvalue weighted by molar-refractivity contribution is 0.0651. The molecule has 31 heavy (non-hydrogen) atoms. The van der Waals surface area contributed by atoms with Crippen molar-refractivity contribution in [3.05, 3.63) is 59.7 Å². The zero-order chi connectivity index (χ0) is 21.6. The van der Waals surface area contributed by atoms with Crippen LogP contribution in [-0.4, -0.2) is 68.0 Å². The summed E-state index contributed by atoms with van der Waals surface area (Å²) in [5.74, 6) is 0.649. The SMILES string of the molecule is COc1ccccc1N1CCN(CCCCCCN2C(=O)c3ccccc3C2=O)CC1. The van der Waals surface area contributed by atoms with Crippen molar-refractivity contribution in [3.8, 4) is 5.75 Å². The number of carbonyl (C=O) groups is 2. The van der Waals surface area contributed by atoms with E-state index >= 15 is 0 Å². The maximum atomic E-state index is 12.4. The van der Waals surface area contributed by atoms with Gasteiger partial charge in [-0.2, -0.15) is 0 Å². The number of nitrogens with zero attached hydrogens (tertiary/aromatic N) is 3. The number of hydrogen-bond acceptors (Lipinski definition) is 5. The lowest BCUT2D eigenvalue weighted by Crippen LogP contribution is -2.46. The summed E-state index contributed by atoms with van der Waals surface area (Å²) in [6, 6.07) is 15.3. The highest BCUT2D eigenvalue weighted by atomic mass is 16.5. The first-order chi connectivity index (χ1) is 15.2. The van der Waals surface area contributed by atoms with Crippen molar-refractivity contribution in [2.24, 2.45) is 0 Å².